The Kier molecular flexibility index (Phi) is 6.99. The first-order valence-corrected chi connectivity index (χ1v) is 8.51. The van der Waals surface area contributed by atoms with Crippen LogP contribution >= 0.6 is 0 Å². The van der Waals surface area contributed by atoms with Crippen molar-refractivity contribution >= 4 is 9.84 Å². The number of hydrogen-bond acceptors (Lipinski definition) is 5. The van der Waals surface area contributed by atoms with Crippen LogP contribution in [0.3, 0.4) is 0 Å². The van der Waals surface area contributed by atoms with Gasteiger partial charge in [-0.25, -0.2) is 8.42 Å². The van der Waals surface area contributed by atoms with Crippen molar-refractivity contribution in [3.63, 3.8) is 0 Å². The zero-order valence-corrected chi connectivity index (χ0v) is 12.5. The minimum absolute atomic E-state index is 0.0783. The summed E-state index contributed by atoms with van der Waals surface area (Å²) in [4.78, 5) is 0. The topological polar surface area (TPSA) is 75.6 Å². The summed E-state index contributed by atoms with van der Waals surface area (Å²) in [6, 6.07) is -0.194. The molecule has 2 atom stereocenters. The van der Waals surface area contributed by atoms with Crippen LogP contribution in [0, 0.1) is 5.92 Å². The lowest BCUT2D eigenvalue weighted by molar-refractivity contribution is 0.0343. The molecule has 2 N–H and O–H groups in total. The molecule has 112 valence electrons. The van der Waals surface area contributed by atoms with Crippen molar-refractivity contribution in [2.24, 2.45) is 5.92 Å². The maximum absolute atomic E-state index is 11.2. The SMILES string of the molecule is CC(C)CCCOCC(O)CNC1C=CS(=O)(=O)C1. The summed E-state index contributed by atoms with van der Waals surface area (Å²) in [6.45, 7) is 5.62. The van der Waals surface area contributed by atoms with Crippen LogP contribution < -0.4 is 5.32 Å². The van der Waals surface area contributed by atoms with Gasteiger partial charge in [0, 0.05) is 24.6 Å². The maximum atomic E-state index is 11.2. The van der Waals surface area contributed by atoms with Crippen molar-refractivity contribution in [1.82, 2.24) is 5.32 Å². The monoisotopic (exact) mass is 291 g/mol. The minimum atomic E-state index is -3.03. The van der Waals surface area contributed by atoms with Crippen LogP contribution in [0.15, 0.2) is 11.5 Å². The molecule has 5 nitrogen and oxygen atoms in total. The van der Waals surface area contributed by atoms with E-state index in [0.29, 0.717) is 19.1 Å². The molecule has 1 heterocycles. The van der Waals surface area contributed by atoms with E-state index in [1.165, 1.54) is 5.41 Å². The second kappa shape index (κ2) is 7.99. The van der Waals surface area contributed by atoms with Crippen LogP contribution in [-0.2, 0) is 14.6 Å². The molecule has 1 aliphatic heterocycles. The molecule has 0 aromatic heterocycles. The number of aliphatic hydroxyl groups excluding tert-OH is 1. The molecule has 0 amide bonds. The third kappa shape index (κ3) is 7.67. The smallest absolute Gasteiger partial charge is 0.173 e. The first-order chi connectivity index (χ1) is 8.89. The highest BCUT2D eigenvalue weighted by atomic mass is 32.2. The van der Waals surface area contributed by atoms with Gasteiger partial charge in [0.2, 0.25) is 0 Å². The lowest BCUT2D eigenvalue weighted by Gasteiger charge is -2.15. The van der Waals surface area contributed by atoms with Gasteiger partial charge in [-0.05, 0) is 18.8 Å². The van der Waals surface area contributed by atoms with E-state index in [1.54, 1.807) is 6.08 Å². The fourth-order valence-electron chi connectivity index (χ4n) is 1.86. The van der Waals surface area contributed by atoms with E-state index >= 15 is 0 Å². The van der Waals surface area contributed by atoms with Gasteiger partial charge in [0.15, 0.2) is 9.84 Å². The second-order valence-electron chi connectivity index (χ2n) is 5.44. The number of hydrogen-bond donors (Lipinski definition) is 2. The Labute approximate surface area is 116 Å². The van der Waals surface area contributed by atoms with E-state index in [9.17, 15) is 13.5 Å². The number of nitrogens with one attached hydrogen (secondary N) is 1. The van der Waals surface area contributed by atoms with Crippen LogP contribution in [0.25, 0.3) is 0 Å². The van der Waals surface area contributed by atoms with Crippen molar-refractivity contribution in [2.75, 3.05) is 25.5 Å². The molecular formula is C13H25NO4S. The summed E-state index contributed by atoms with van der Waals surface area (Å²) in [6.07, 6.45) is 3.14. The van der Waals surface area contributed by atoms with Gasteiger partial charge < -0.3 is 15.2 Å². The van der Waals surface area contributed by atoms with Crippen LogP contribution in [0.4, 0.5) is 0 Å². The Morgan fingerprint density at radius 2 is 2.21 bits per heavy atom. The van der Waals surface area contributed by atoms with Crippen molar-refractivity contribution in [3.8, 4) is 0 Å². The highest BCUT2D eigenvalue weighted by Crippen LogP contribution is 2.07. The largest absolute Gasteiger partial charge is 0.389 e. The molecule has 19 heavy (non-hydrogen) atoms. The van der Waals surface area contributed by atoms with E-state index in [2.05, 4.69) is 19.2 Å². The summed E-state index contributed by atoms with van der Waals surface area (Å²) >= 11 is 0. The van der Waals surface area contributed by atoms with Crippen LogP contribution in [0.1, 0.15) is 26.7 Å². The molecule has 0 aromatic rings. The quantitative estimate of drug-likeness (QED) is 0.612. The van der Waals surface area contributed by atoms with E-state index in [0.717, 1.165) is 12.8 Å². The normalized spacial score (nSPS) is 23.1. The van der Waals surface area contributed by atoms with Crippen LogP contribution in [-0.4, -0.2) is 51.2 Å². The third-order valence-electron chi connectivity index (χ3n) is 2.93. The molecule has 0 bridgehead atoms. The summed E-state index contributed by atoms with van der Waals surface area (Å²) in [5, 5.41) is 13.9. The van der Waals surface area contributed by atoms with Gasteiger partial charge in [-0.15, -0.1) is 0 Å². The van der Waals surface area contributed by atoms with Gasteiger partial charge in [0.25, 0.3) is 0 Å². The first-order valence-electron chi connectivity index (χ1n) is 6.79. The molecule has 6 heteroatoms. The predicted molar refractivity (Wildman–Crippen MR) is 75.6 cm³/mol. The van der Waals surface area contributed by atoms with E-state index in [4.69, 9.17) is 4.74 Å². The van der Waals surface area contributed by atoms with Crippen molar-refractivity contribution in [1.29, 1.82) is 0 Å². The minimum Gasteiger partial charge on any atom is -0.389 e. The molecule has 0 saturated heterocycles. The highest BCUT2D eigenvalue weighted by molar-refractivity contribution is 7.94. The summed E-state index contributed by atoms with van der Waals surface area (Å²) < 4.78 is 27.7. The van der Waals surface area contributed by atoms with Gasteiger partial charge in [-0.1, -0.05) is 19.9 Å². The Bertz CT molecular complexity index is 378. The van der Waals surface area contributed by atoms with Crippen molar-refractivity contribution in [3.05, 3.63) is 11.5 Å². The Hall–Kier alpha value is -0.430. The first kappa shape index (κ1) is 16.6. The fourth-order valence-corrected chi connectivity index (χ4v) is 3.13. The zero-order chi connectivity index (χ0) is 14.3. The molecule has 0 fully saturated rings. The molecule has 0 saturated carbocycles. The van der Waals surface area contributed by atoms with E-state index in [-0.39, 0.29) is 18.4 Å². The Balaban J connectivity index is 2.03. The molecule has 0 aromatic carbocycles. The molecule has 0 radical (unpaired) electrons. The number of aliphatic hydroxyl groups is 1. The zero-order valence-electron chi connectivity index (χ0n) is 11.7. The fraction of sp³-hybridized carbons (Fsp3) is 0.846. The second-order valence-corrected chi connectivity index (χ2v) is 7.37. The molecule has 0 aliphatic carbocycles. The van der Waals surface area contributed by atoms with Gasteiger partial charge >= 0.3 is 0 Å². The van der Waals surface area contributed by atoms with Crippen molar-refractivity contribution < 1.29 is 18.3 Å². The summed E-state index contributed by atoms with van der Waals surface area (Å²) in [5.74, 6) is 0.751. The number of sulfone groups is 1. The molecule has 1 aliphatic rings. The van der Waals surface area contributed by atoms with Gasteiger partial charge in [-0.2, -0.15) is 0 Å². The Morgan fingerprint density at radius 1 is 1.47 bits per heavy atom. The standard InChI is InChI=1S/C13H25NO4S/c1-11(2)4-3-6-18-9-13(15)8-14-12-5-7-19(16,17)10-12/h5,7,11-15H,3-4,6,8-10H2,1-2H3. The van der Waals surface area contributed by atoms with Gasteiger partial charge in [0.1, 0.15) is 0 Å². The third-order valence-corrected chi connectivity index (χ3v) is 4.32. The lowest BCUT2D eigenvalue weighted by Crippen LogP contribution is -2.38. The van der Waals surface area contributed by atoms with Crippen molar-refractivity contribution in [2.45, 2.75) is 38.8 Å². The summed E-state index contributed by atoms with van der Waals surface area (Å²) in [7, 11) is -3.03. The average Bonchev–Trinajstić information content (AvgIpc) is 2.65. The highest BCUT2D eigenvalue weighted by Gasteiger charge is 2.21. The number of ether oxygens (including phenoxy) is 1. The lowest BCUT2D eigenvalue weighted by atomic mass is 10.1. The van der Waals surface area contributed by atoms with Gasteiger partial charge in [-0.3, -0.25) is 0 Å². The maximum Gasteiger partial charge on any atom is 0.173 e. The average molecular weight is 291 g/mol. The summed E-state index contributed by atoms with van der Waals surface area (Å²) in [5.41, 5.74) is 0. The van der Waals surface area contributed by atoms with Crippen LogP contribution in [0.5, 0.6) is 0 Å². The number of rotatable bonds is 9. The van der Waals surface area contributed by atoms with E-state index < -0.39 is 15.9 Å². The molecule has 0 spiro atoms. The Morgan fingerprint density at radius 3 is 2.79 bits per heavy atom. The molecule has 1 rings (SSSR count). The van der Waals surface area contributed by atoms with Crippen LogP contribution in [0.2, 0.25) is 0 Å². The molecule has 2 unspecified atom stereocenters. The predicted octanol–water partition coefficient (Wildman–Crippen LogP) is 0.700. The molecular weight excluding hydrogens is 266 g/mol. The van der Waals surface area contributed by atoms with Gasteiger partial charge in [0.05, 0.1) is 18.5 Å². The van der Waals surface area contributed by atoms with E-state index in [1.807, 2.05) is 0 Å².